The molecule has 0 atom stereocenters. The lowest BCUT2D eigenvalue weighted by atomic mass is 9.87. The Morgan fingerprint density at radius 3 is 2.53 bits per heavy atom. The minimum Gasteiger partial charge on any atom is -0.496 e. The van der Waals surface area contributed by atoms with Gasteiger partial charge >= 0.3 is 0 Å². The van der Waals surface area contributed by atoms with Crippen molar-refractivity contribution in [3.8, 4) is 5.75 Å². The minimum absolute atomic E-state index is 0.119. The van der Waals surface area contributed by atoms with E-state index in [1.807, 2.05) is 29.8 Å². The second-order valence-corrected chi connectivity index (χ2v) is 8.35. The van der Waals surface area contributed by atoms with E-state index >= 15 is 0 Å². The fraction of sp³-hybridized carbons (Fsp3) is 0.400. The first-order chi connectivity index (χ1) is 14.5. The molecule has 2 aromatic carbocycles. The molecule has 0 unspecified atom stereocenters. The summed E-state index contributed by atoms with van der Waals surface area (Å²) in [5, 5.41) is 8.29. The minimum atomic E-state index is -0.291. The summed E-state index contributed by atoms with van der Waals surface area (Å²) in [6, 6.07) is 15.5. The second-order valence-electron chi connectivity index (χ2n) is 8.35. The quantitative estimate of drug-likeness (QED) is 0.581. The summed E-state index contributed by atoms with van der Waals surface area (Å²) in [5.74, 6) is 0.739. The van der Waals surface area contributed by atoms with Gasteiger partial charge < -0.3 is 10.1 Å². The van der Waals surface area contributed by atoms with E-state index in [1.165, 1.54) is 0 Å². The van der Waals surface area contributed by atoms with E-state index in [0.717, 1.165) is 59.5 Å². The Morgan fingerprint density at radius 2 is 1.87 bits per heavy atom. The highest BCUT2D eigenvalue weighted by atomic mass is 19.1. The zero-order valence-corrected chi connectivity index (χ0v) is 18.0. The number of methoxy groups -OCH3 is 1. The number of hydrogen-bond donors (Lipinski definition) is 1. The molecular formula is C25H30FN3O. The molecule has 3 aromatic rings. The van der Waals surface area contributed by atoms with Crippen LogP contribution >= 0.6 is 0 Å². The Bertz CT molecular complexity index is 1020. The molecule has 158 valence electrons. The van der Waals surface area contributed by atoms with Gasteiger partial charge in [-0.15, -0.1) is 0 Å². The third kappa shape index (κ3) is 4.12. The van der Waals surface area contributed by atoms with Crippen molar-refractivity contribution in [3.05, 3.63) is 82.4 Å². The standard InChI is InChI=1S/C25H30FN3O/c1-18-14-19(2)29(28-18)17-21-15-20(10-11-24(21)30-3)16-27-25(12-6-7-13-25)22-8-4-5-9-23(22)26/h4-5,8-11,14-15,27H,6-7,12-13,16-17H2,1-3H3. The summed E-state index contributed by atoms with van der Waals surface area (Å²) in [5.41, 5.74) is 4.89. The fourth-order valence-electron chi connectivity index (χ4n) is 4.70. The first-order valence-electron chi connectivity index (χ1n) is 10.7. The summed E-state index contributed by atoms with van der Waals surface area (Å²) in [6.07, 6.45) is 4.16. The van der Waals surface area contributed by atoms with Crippen LogP contribution < -0.4 is 10.1 Å². The van der Waals surface area contributed by atoms with E-state index in [1.54, 1.807) is 19.2 Å². The predicted octanol–water partition coefficient (Wildman–Crippen LogP) is 5.26. The highest BCUT2D eigenvalue weighted by Crippen LogP contribution is 2.40. The largest absolute Gasteiger partial charge is 0.496 e. The monoisotopic (exact) mass is 407 g/mol. The molecule has 0 saturated heterocycles. The van der Waals surface area contributed by atoms with Crippen molar-refractivity contribution in [2.75, 3.05) is 7.11 Å². The maximum absolute atomic E-state index is 14.6. The van der Waals surface area contributed by atoms with Crippen LogP contribution in [0.2, 0.25) is 0 Å². The first kappa shape index (κ1) is 20.6. The number of aryl methyl sites for hydroxylation is 2. The van der Waals surface area contributed by atoms with Crippen LogP contribution in [0.15, 0.2) is 48.5 Å². The third-order valence-electron chi connectivity index (χ3n) is 6.25. The van der Waals surface area contributed by atoms with Crippen molar-refractivity contribution < 1.29 is 9.13 Å². The van der Waals surface area contributed by atoms with Gasteiger partial charge in [0.25, 0.3) is 0 Å². The zero-order valence-electron chi connectivity index (χ0n) is 18.0. The zero-order chi connectivity index (χ0) is 21.1. The Morgan fingerprint density at radius 1 is 1.10 bits per heavy atom. The molecule has 1 aromatic heterocycles. The molecule has 1 N–H and O–H groups in total. The van der Waals surface area contributed by atoms with E-state index in [9.17, 15) is 4.39 Å². The summed E-state index contributed by atoms with van der Waals surface area (Å²) in [7, 11) is 1.70. The average molecular weight is 408 g/mol. The normalized spacial score (nSPS) is 15.5. The second kappa shape index (κ2) is 8.60. The summed E-state index contributed by atoms with van der Waals surface area (Å²) >= 11 is 0. The molecule has 1 fully saturated rings. The molecule has 0 aliphatic heterocycles. The molecule has 1 saturated carbocycles. The molecule has 5 heteroatoms. The molecule has 0 spiro atoms. The van der Waals surface area contributed by atoms with Crippen molar-refractivity contribution in [2.24, 2.45) is 0 Å². The SMILES string of the molecule is COc1ccc(CNC2(c3ccccc3F)CCCC2)cc1Cn1nc(C)cc1C. The van der Waals surface area contributed by atoms with Crippen molar-refractivity contribution in [1.82, 2.24) is 15.1 Å². The molecule has 1 aliphatic rings. The molecule has 4 nitrogen and oxygen atoms in total. The van der Waals surface area contributed by atoms with Crippen molar-refractivity contribution in [1.29, 1.82) is 0 Å². The van der Waals surface area contributed by atoms with Crippen molar-refractivity contribution >= 4 is 0 Å². The highest BCUT2D eigenvalue weighted by molar-refractivity contribution is 5.38. The van der Waals surface area contributed by atoms with Crippen molar-refractivity contribution in [3.63, 3.8) is 0 Å². The van der Waals surface area contributed by atoms with Gasteiger partial charge in [-0.25, -0.2) is 4.39 Å². The van der Waals surface area contributed by atoms with Crippen molar-refractivity contribution in [2.45, 2.75) is 58.2 Å². The number of hydrogen-bond acceptors (Lipinski definition) is 3. The van der Waals surface area contributed by atoms with Gasteiger partial charge in [-0.2, -0.15) is 5.10 Å². The van der Waals surface area contributed by atoms with Crippen LogP contribution in [-0.4, -0.2) is 16.9 Å². The van der Waals surface area contributed by atoms with Crippen LogP contribution in [-0.2, 0) is 18.6 Å². The van der Waals surface area contributed by atoms with Gasteiger partial charge in [0, 0.05) is 28.9 Å². The molecule has 4 rings (SSSR count). The van der Waals surface area contributed by atoms with Crippen LogP contribution in [0, 0.1) is 19.7 Å². The smallest absolute Gasteiger partial charge is 0.128 e. The number of halogens is 1. The van der Waals surface area contributed by atoms with Crippen LogP contribution in [0.4, 0.5) is 4.39 Å². The van der Waals surface area contributed by atoms with Gasteiger partial charge in [-0.3, -0.25) is 4.68 Å². The number of benzene rings is 2. The fourth-order valence-corrected chi connectivity index (χ4v) is 4.70. The lowest BCUT2D eigenvalue weighted by Crippen LogP contribution is -2.40. The number of nitrogens with zero attached hydrogens (tertiary/aromatic N) is 2. The lowest BCUT2D eigenvalue weighted by molar-refractivity contribution is 0.325. The number of nitrogens with one attached hydrogen (secondary N) is 1. The average Bonchev–Trinajstić information content (AvgIpc) is 3.34. The van der Waals surface area contributed by atoms with E-state index in [-0.39, 0.29) is 11.4 Å². The molecule has 0 amide bonds. The Labute approximate surface area is 178 Å². The van der Waals surface area contributed by atoms with Crippen LogP contribution in [0.3, 0.4) is 0 Å². The molecule has 0 bridgehead atoms. The molecular weight excluding hydrogens is 377 g/mol. The van der Waals surface area contributed by atoms with Gasteiger partial charge in [0.15, 0.2) is 0 Å². The Hall–Kier alpha value is -2.66. The van der Waals surface area contributed by atoms with E-state index in [4.69, 9.17) is 4.74 Å². The van der Waals surface area contributed by atoms with Gasteiger partial charge in [0.1, 0.15) is 11.6 Å². The number of aromatic nitrogens is 2. The van der Waals surface area contributed by atoms with Crippen LogP contribution in [0.1, 0.15) is 53.8 Å². The maximum Gasteiger partial charge on any atom is 0.128 e. The summed E-state index contributed by atoms with van der Waals surface area (Å²) in [6.45, 7) is 5.42. The summed E-state index contributed by atoms with van der Waals surface area (Å²) < 4.78 is 22.2. The van der Waals surface area contributed by atoms with Gasteiger partial charge in [-0.05, 0) is 56.5 Å². The van der Waals surface area contributed by atoms with Crippen LogP contribution in [0.25, 0.3) is 0 Å². The summed E-state index contributed by atoms with van der Waals surface area (Å²) in [4.78, 5) is 0. The van der Waals surface area contributed by atoms with E-state index < -0.39 is 0 Å². The molecule has 1 aliphatic carbocycles. The molecule has 1 heterocycles. The van der Waals surface area contributed by atoms with Gasteiger partial charge in [-0.1, -0.05) is 37.1 Å². The van der Waals surface area contributed by atoms with Gasteiger partial charge in [0.05, 0.1) is 19.3 Å². The Kier molecular flexibility index (Phi) is 5.91. The molecule has 0 radical (unpaired) electrons. The van der Waals surface area contributed by atoms with E-state index in [0.29, 0.717) is 13.1 Å². The maximum atomic E-state index is 14.6. The first-order valence-corrected chi connectivity index (χ1v) is 10.7. The highest BCUT2D eigenvalue weighted by Gasteiger charge is 2.37. The van der Waals surface area contributed by atoms with Gasteiger partial charge in [0.2, 0.25) is 0 Å². The third-order valence-corrected chi connectivity index (χ3v) is 6.25. The number of ether oxygens (including phenoxy) is 1. The molecule has 30 heavy (non-hydrogen) atoms. The lowest BCUT2D eigenvalue weighted by Gasteiger charge is -2.32. The topological polar surface area (TPSA) is 39.1 Å². The predicted molar refractivity (Wildman–Crippen MR) is 117 cm³/mol. The number of rotatable bonds is 7. The van der Waals surface area contributed by atoms with Crippen LogP contribution in [0.5, 0.6) is 5.75 Å². The Balaban J connectivity index is 1.57. The van der Waals surface area contributed by atoms with E-state index in [2.05, 4.69) is 35.5 Å².